The summed E-state index contributed by atoms with van der Waals surface area (Å²) in [5.41, 5.74) is 0.876. The molecule has 1 aromatic rings. The van der Waals surface area contributed by atoms with E-state index in [-0.39, 0.29) is 12.1 Å². The summed E-state index contributed by atoms with van der Waals surface area (Å²) >= 11 is 0. The summed E-state index contributed by atoms with van der Waals surface area (Å²) in [7, 11) is 0. The number of nitrogens with zero attached hydrogens (tertiary/aromatic N) is 2. The second kappa shape index (κ2) is 6.22. The number of rotatable bonds is 5. The second-order valence-corrected chi connectivity index (χ2v) is 5.61. The average molecular weight is 275 g/mol. The van der Waals surface area contributed by atoms with Crippen molar-refractivity contribution in [3.8, 4) is 0 Å². The van der Waals surface area contributed by atoms with E-state index in [0.29, 0.717) is 13.1 Å². The Balaban J connectivity index is 1.39. The van der Waals surface area contributed by atoms with Crippen LogP contribution in [0, 0.1) is 5.92 Å². The van der Waals surface area contributed by atoms with Crippen molar-refractivity contribution in [3.63, 3.8) is 0 Å². The number of aromatic nitrogens is 1. The van der Waals surface area contributed by atoms with Gasteiger partial charge in [-0.2, -0.15) is 0 Å². The molecule has 2 heterocycles. The van der Waals surface area contributed by atoms with Gasteiger partial charge >= 0.3 is 6.03 Å². The first-order chi connectivity index (χ1) is 9.81. The highest BCUT2D eigenvalue weighted by molar-refractivity contribution is 5.74. The van der Waals surface area contributed by atoms with E-state index in [4.69, 9.17) is 4.74 Å². The number of hydrogen-bond acceptors (Lipinski definition) is 3. The molecule has 1 N–H and O–H groups in total. The van der Waals surface area contributed by atoms with Crippen molar-refractivity contribution in [2.75, 3.05) is 19.7 Å². The summed E-state index contributed by atoms with van der Waals surface area (Å²) in [5.74, 6) is 0.780. The zero-order chi connectivity index (χ0) is 13.8. The van der Waals surface area contributed by atoms with Gasteiger partial charge in [0.2, 0.25) is 0 Å². The molecule has 0 bridgehead atoms. The van der Waals surface area contributed by atoms with E-state index < -0.39 is 0 Å². The minimum Gasteiger partial charge on any atom is -0.376 e. The van der Waals surface area contributed by atoms with Gasteiger partial charge in [0.05, 0.1) is 18.3 Å². The van der Waals surface area contributed by atoms with Crippen LogP contribution in [0.25, 0.3) is 0 Å². The topological polar surface area (TPSA) is 54.5 Å². The Hall–Kier alpha value is -1.62. The molecule has 0 aromatic carbocycles. The average Bonchev–Trinajstić information content (AvgIpc) is 3.20. The Morgan fingerprint density at radius 3 is 3.05 bits per heavy atom. The first kappa shape index (κ1) is 13.4. The Labute approximate surface area is 119 Å². The van der Waals surface area contributed by atoms with Crippen LogP contribution in [0.1, 0.15) is 25.0 Å². The highest BCUT2D eigenvalue weighted by Gasteiger charge is 2.29. The van der Waals surface area contributed by atoms with Crippen LogP contribution in [0.2, 0.25) is 0 Å². The minimum absolute atomic E-state index is 0.0202. The number of urea groups is 1. The molecule has 5 nitrogen and oxygen atoms in total. The molecule has 1 atom stereocenters. The Morgan fingerprint density at radius 2 is 2.30 bits per heavy atom. The first-order valence-electron chi connectivity index (χ1n) is 7.35. The normalized spacial score (nSPS) is 22.0. The smallest absolute Gasteiger partial charge is 0.317 e. The molecule has 1 saturated carbocycles. The zero-order valence-electron chi connectivity index (χ0n) is 11.6. The molecule has 1 aliphatic carbocycles. The minimum atomic E-state index is -0.0202. The fourth-order valence-electron chi connectivity index (χ4n) is 2.39. The van der Waals surface area contributed by atoms with E-state index in [1.165, 1.54) is 12.8 Å². The molecule has 3 rings (SSSR count). The van der Waals surface area contributed by atoms with Crippen LogP contribution in [0.5, 0.6) is 0 Å². The van der Waals surface area contributed by atoms with Gasteiger partial charge in [0.25, 0.3) is 0 Å². The van der Waals surface area contributed by atoms with E-state index in [2.05, 4.69) is 10.3 Å². The molecule has 2 amide bonds. The van der Waals surface area contributed by atoms with Gasteiger partial charge in [0.15, 0.2) is 0 Å². The van der Waals surface area contributed by atoms with Gasteiger partial charge in [0.1, 0.15) is 0 Å². The highest BCUT2D eigenvalue weighted by atomic mass is 16.5. The van der Waals surface area contributed by atoms with Crippen LogP contribution >= 0.6 is 0 Å². The van der Waals surface area contributed by atoms with E-state index in [0.717, 1.165) is 31.2 Å². The number of hydrogen-bond donors (Lipinski definition) is 1. The molecule has 0 spiro atoms. The number of carbonyl (C=O) groups excluding carboxylic acids is 1. The van der Waals surface area contributed by atoms with Crippen LogP contribution < -0.4 is 5.32 Å². The Kier molecular flexibility index (Phi) is 4.16. The predicted molar refractivity (Wildman–Crippen MR) is 75.1 cm³/mol. The van der Waals surface area contributed by atoms with Gasteiger partial charge in [-0.1, -0.05) is 6.07 Å². The molecule has 2 aliphatic rings. The van der Waals surface area contributed by atoms with Crippen molar-refractivity contribution in [3.05, 3.63) is 30.1 Å². The molecule has 0 radical (unpaired) electrons. The van der Waals surface area contributed by atoms with Crippen LogP contribution in [-0.4, -0.2) is 41.7 Å². The molecule has 5 heteroatoms. The maximum absolute atomic E-state index is 12.0. The molecule has 1 aromatic heterocycles. The number of nitrogens with one attached hydrogen (secondary N) is 1. The summed E-state index contributed by atoms with van der Waals surface area (Å²) in [6.07, 6.45) is 5.52. The van der Waals surface area contributed by atoms with Crippen molar-refractivity contribution in [2.45, 2.75) is 31.9 Å². The van der Waals surface area contributed by atoms with Crippen LogP contribution in [0.4, 0.5) is 4.79 Å². The monoisotopic (exact) mass is 275 g/mol. The van der Waals surface area contributed by atoms with E-state index >= 15 is 0 Å². The molecule has 20 heavy (non-hydrogen) atoms. The van der Waals surface area contributed by atoms with Crippen LogP contribution in [0.3, 0.4) is 0 Å². The zero-order valence-corrected chi connectivity index (χ0v) is 11.6. The van der Waals surface area contributed by atoms with E-state index in [9.17, 15) is 4.79 Å². The van der Waals surface area contributed by atoms with Gasteiger partial charge in [-0.15, -0.1) is 0 Å². The van der Waals surface area contributed by atoms with Gasteiger partial charge in [-0.25, -0.2) is 4.79 Å². The number of ether oxygens (including phenoxy) is 1. The third kappa shape index (κ3) is 3.70. The fraction of sp³-hybridized carbons (Fsp3) is 0.600. The molecule has 1 aliphatic heterocycles. The number of amides is 2. The van der Waals surface area contributed by atoms with E-state index in [1.807, 2.05) is 23.1 Å². The van der Waals surface area contributed by atoms with Crippen molar-refractivity contribution >= 4 is 6.03 Å². The number of likely N-dealkylation sites (tertiary alicyclic amines) is 1. The first-order valence-corrected chi connectivity index (χ1v) is 7.35. The predicted octanol–water partition coefficient (Wildman–Crippen LogP) is 1.79. The Bertz CT molecular complexity index is 448. The van der Waals surface area contributed by atoms with Crippen LogP contribution in [-0.2, 0) is 11.3 Å². The van der Waals surface area contributed by atoms with Crippen molar-refractivity contribution < 1.29 is 9.53 Å². The van der Waals surface area contributed by atoms with Gasteiger partial charge in [-0.05, 0) is 37.3 Å². The molecule has 0 unspecified atom stereocenters. The maximum Gasteiger partial charge on any atom is 0.317 e. The van der Waals surface area contributed by atoms with Crippen molar-refractivity contribution in [1.29, 1.82) is 0 Å². The van der Waals surface area contributed by atoms with Gasteiger partial charge in [0, 0.05) is 25.9 Å². The lowest BCUT2D eigenvalue weighted by Gasteiger charge is -2.17. The van der Waals surface area contributed by atoms with E-state index in [1.54, 1.807) is 6.20 Å². The van der Waals surface area contributed by atoms with Crippen molar-refractivity contribution in [1.82, 2.24) is 15.2 Å². The van der Waals surface area contributed by atoms with Gasteiger partial charge < -0.3 is 15.0 Å². The lowest BCUT2D eigenvalue weighted by molar-refractivity contribution is 0.0538. The number of carbonyl (C=O) groups is 1. The summed E-state index contributed by atoms with van der Waals surface area (Å²) in [5, 5.41) is 2.91. The fourth-order valence-corrected chi connectivity index (χ4v) is 2.39. The maximum atomic E-state index is 12.0. The largest absolute Gasteiger partial charge is 0.376 e. The molecular weight excluding hydrogens is 254 g/mol. The summed E-state index contributed by atoms with van der Waals surface area (Å²) in [6, 6.07) is 5.68. The standard InChI is InChI=1S/C15H21N3O2/c19-15(17-9-13-3-1-2-7-16-13)18-8-6-14(10-18)20-11-12-4-5-12/h1-3,7,12,14H,4-6,8-11H2,(H,17,19)/t14-/m0/s1. The summed E-state index contributed by atoms with van der Waals surface area (Å²) in [4.78, 5) is 18.1. The van der Waals surface area contributed by atoms with Gasteiger partial charge in [-0.3, -0.25) is 4.98 Å². The number of pyridine rings is 1. The highest BCUT2D eigenvalue weighted by Crippen LogP contribution is 2.29. The molecule has 2 fully saturated rings. The molecule has 108 valence electrons. The van der Waals surface area contributed by atoms with Crippen molar-refractivity contribution in [2.24, 2.45) is 5.92 Å². The Morgan fingerprint density at radius 1 is 1.40 bits per heavy atom. The third-order valence-corrected chi connectivity index (χ3v) is 3.84. The SMILES string of the molecule is O=C(NCc1ccccn1)N1CC[C@H](OCC2CC2)C1. The third-order valence-electron chi connectivity index (χ3n) is 3.84. The summed E-state index contributed by atoms with van der Waals surface area (Å²) < 4.78 is 5.84. The lowest BCUT2D eigenvalue weighted by atomic mass is 10.3. The molecule has 1 saturated heterocycles. The quantitative estimate of drug-likeness (QED) is 0.891. The summed E-state index contributed by atoms with van der Waals surface area (Å²) in [6.45, 7) is 2.84. The lowest BCUT2D eigenvalue weighted by Crippen LogP contribution is -2.38. The second-order valence-electron chi connectivity index (χ2n) is 5.61. The molecular formula is C15H21N3O2. The van der Waals surface area contributed by atoms with Crippen LogP contribution in [0.15, 0.2) is 24.4 Å².